The Morgan fingerprint density at radius 2 is 1.85 bits per heavy atom. The summed E-state index contributed by atoms with van der Waals surface area (Å²) in [6, 6.07) is 3.98. The second-order valence-corrected chi connectivity index (χ2v) is 3.34. The number of rotatable bonds is 4. The van der Waals surface area contributed by atoms with Crippen molar-refractivity contribution in [2.45, 2.75) is 39.5 Å². The predicted molar refractivity (Wildman–Crippen MR) is 55.1 cm³/mol. The largest absolute Gasteiger partial charge is 0.326 e. The maximum absolute atomic E-state index is 11.4. The van der Waals surface area contributed by atoms with Gasteiger partial charge in [-0.15, -0.1) is 0 Å². The van der Waals surface area contributed by atoms with Crippen LogP contribution < -0.4 is 5.56 Å². The average Bonchev–Trinajstić information content (AvgIpc) is 2.10. The molecule has 0 amide bonds. The zero-order valence-electron chi connectivity index (χ0n) is 8.39. The summed E-state index contributed by atoms with van der Waals surface area (Å²) < 4.78 is 0. The smallest absolute Gasteiger partial charge is 0.251 e. The summed E-state index contributed by atoms with van der Waals surface area (Å²) in [5, 5.41) is 0. The molecule has 2 nitrogen and oxygen atoms in total. The molecule has 1 heterocycles. The van der Waals surface area contributed by atoms with E-state index in [1.165, 1.54) is 0 Å². The molecule has 2 heteroatoms. The number of hydrogen-bond acceptors (Lipinski definition) is 1. The lowest BCUT2D eigenvalue weighted by Gasteiger charge is -2.01. The molecule has 1 aromatic heterocycles. The van der Waals surface area contributed by atoms with E-state index in [0.717, 1.165) is 36.9 Å². The van der Waals surface area contributed by atoms with Crippen LogP contribution in [0, 0.1) is 0 Å². The number of H-pyrrole nitrogens is 1. The molecule has 0 saturated carbocycles. The number of aryl methyl sites for hydroxylation is 2. The van der Waals surface area contributed by atoms with Gasteiger partial charge in [0.25, 0.3) is 5.56 Å². The molecule has 0 aliphatic carbocycles. The van der Waals surface area contributed by atoms with E-state index in [9.17, 15) is 4.79 Å². The third-order valence-electron chi connectivity index (χ3n) is 2.09. The molecule has 0 aliphatic rings. The molecule has 0 saturated heterocycles. The Hall–Kier alpha value is -1.05. The maximum atomic E-state index is 11.4. The quantitative estimate of drug-likeness (QED) is 0.755. The molecule has 1 aromatic rings. The molecule has 0 radical (unpaired) electrons. The van der Waals surface area contributed by atoms with Gasteiger partial charge in [0.1, 0.15) is 0 Å². The van der Waals surface area contributed by atoms with Crippen molar-refractivity contribution in [3.63, 3.8) is 0 Å². The van der Waals surface area contributed by atoms with Crippen LogP contribution in [-0.2, 0) is 12.8 Å². The van der Waals surface area contributed by atoms with Gasteiger partial charge in [-0.25, -0.2) is 0 Å². The fourth-order valence-corrected chi connectivity index (χ4v) is 1.43. The SMILES string of the molecule is CCCc1ccc(CCC)c(=O)[nH]1. The summed E-state index contributed by atoms with van der Waals surface area (Å²) in [4.78, 5) is 14.4. The number of nitrogens with one attached hydrogen (secondary N) is 1. The highest BCUT2D eigenvalue weighted by molar-refractivity contribution is 5.14. The lowest BCUT2D eigenvalue weighted by molar-refractivity contribution is 0.850. The summed E-state index contributed by atoms with van der Waals surface area (Å²) in [6.07, 6.45) is 3.93. The van der Waals surface area contributed by atoms with Crippen molar-refractivity contribution in [3.05, 3.63) is 33.7 Å². The van der Waals surface area contributed by atoms with Crippen LogP contribution in [0.15, 0.2) is 16.9 Å². The van der Waals surface area contributed by atoms with Crippen molar-refractivity contribution in [2.24, 2.45) is 0 Å². The first-order chi connectivity index (χ1) is 6.27. The number of hydrogen-bond donors (Lipinski definition) is 1. The van der Waals surface area contributed by atoms with Gasteiger partial charge in [-0.2, -0.15) is 0 Å². The van der Waals surface area contributed by atoms with E-state index < -0.39 is 0 Å². The zero-order chi connectivity index (χ0) is 9.68. The fraction of sp³-hybridized carbons (Fsp3) is 0.545. The summed E-state index contributed by atoms with van der Waals surface area (Å²) in [6.45, 7) is 4.19. The summed E-state index contributed by atoms with van der Waals surface area (Å²) in [5.74, 6) is 0. The second kappa shape index (κ2) is 4.85. The molecular formula is C11H17NO. The Balaban J connectivity index is 2.85. The van der Waals surface area contributed by atoms with Crippen LogP contribution in [0.1, 0.15) is 37.9 Å². The molecule has 1 rings (SSSR count). The van der Waals surface area contributed by atoms with Crippen molar-refractivity contribution in [2.75, 3.05) is 0 Å². The van der Waals surface area contributed by atoms with Gasteiger partial charge in [-0.1, -0.05) is 32.8 Å². The molecule has 0 fully saturated rings. The van der Waals surface area contributed by atoms with Crippen molar-refractivity contribution >= 4 is 0 Å². The highest BCUT2D eigenvalue weighted by atomic mass is 16.1. The van der Waals surface area contributed by atoms with Crippen LogP contribution in [0.25, 0.3) is 0 Å². The first kappa shape index (κ1) is 10.0. The Kier molecular flexibility index (Phi) is 3.74. The predicted octanol–water partition coefficient (Wildman–Crippen LogP) is 2.28. The average molecular weight is 179 g/mol. The highest BCUT2D eigenvalue weighted by Crippen LogP contribution is 2.00. The van der Waals surface area contributed by atoms with E-state index in [0.29, 0.717) is 0 Å². The molecule has 0 aliphatic heterocycles. The summed E-state index contributed by atoms with van der Waals surface area (Å²) in [7, 11) is 0. The third-order valence-corrected chi connectivity index (χ3v) is 2.09. The van der Waals surface area contributed by atoms with Gasteiger partial charge in [0.2, 0.25) is 0 Å². The van der Waals surface area contributed by atoms with Crippen molar-refractivity contribution in [1.82, 2.24) is 4.98 Å². The lowest BCUT2D eigenvalue weighted by atomic mass is 10.1. The molecule has 0 bridgehead atoms. The number of pyridine rings is 1. The van der Waals surface area contributed by atoms with Gasteiger partial charge in [0.05, 0.1) is 0 Å². The Morgan fingerprint density at radius 1 is 1.15 bits per heavy atom. The van der Waals surface area contributed by atoms with E-state index >= 15 is 0 Å². The van der Waals surface area contributed by atoms with Crippen LogP contribution in [0.5, 0.6) is 0 Å². The lowest BCUT2D eigenvalue weighted by Crippen LogP contribution is -2.13. The van der Waals surface area contributed by atoms with E-state index in [1.54, 1.807) is 0 Å². The first-order valence-electron chi connectivity index (χ1n) is 4.99. The maximum Gasteiger partial charge on any atom is 0.251 e. The topological polar surface area (TPSA) is 32.9 Å². The molecule has 13 heavy (non-hydrogen) atoms. The zero-order valence-corrected chi connectivity index (χ0v) is 8.39. The van der Waals surface area contributed by atoms with Gasteiger partial charge >= 0.3 is 0 Å². The number of aromatic amines is 1. The highest BCUT2D eigenvalue weighted by Gasteiger charge is 1.98. The van der Waals surface area contributed by atoms with Crippen LogP contribution >= 0.6 is 0 Å². The molecule has 72 valence electrons. The Labute approximate surface area is 79.0 Å². The first-order valence-corrected chi connectivity index (χ1v) is 4.99. The standard InChI is InChI=1S/C11H17NO/c1-3-5-9-7-8-10(6-4-2)12-11(9)13/h7-8H,3-6H2,1-2H3,(H,12,13). The minimum absolute atomic E-state index is 0.0906. The van der Waals surface area contributed by atoms with Gasteiger partial charge < -0.3 is 4.98 Å². The summed E-state index contributed by atoms with van der Waals surface area (Å²) in [5.41, 5.74) is 2.04. The molecule has 1 N–H and O–H groups in total. The fourth-order valence-electron chi connectivity index (χ4n) is 1.43. The summed E-state index contributed by atoms with van der Waals surface area (Å²) >= 11 is 0. The third kappa shape index (κ3) is 2.72. The van der Waals surface area contributed by atoms with Gasteiger partial charge in [-0.05, 0) is 18.9 Å². The second-order valence-electron chi connectivity index (χ2n) is 3.34. The normalized spacial score (nSPS) is 10.3. The molecule has 0 unspecified atom stereocenters. The van der Waals surface area contributed by atoms with Gasteiger partial charge in [0, 0.05) is 11.3 Å². The van der Waals surface area contributed by atoms with Crippen LogP contribution in [-0.4, -0.2) is 4.98 Å². The number of aromatic nitrogens is 1. The van der Waals surface area contributed by atoms with Gasteiger partial charge in [0.15, 0.2) is 0 Å². The minimum atomic E-state index is 0.0906. The van der Waals surface area contributed by atoms with E-state index in [2.05, 4.69) is 18.8 Å². The van der Waals surface area contributed by atoms with Crippen LogP contribution in [0.2, 0.25) is 0 Å². The monoisotopic (exact) mass is 179 g/mol. The Bertz CT molecular complexity index is 314. The molecule has 0 spiro atoms. The van der Waals surface area contributed by atoms with Crippen molar-refractivity contribution in [3.8, 4) is 0 Å². The minimum Gasteiger partial charge on any atom is -0.326 e. The van der Waals surface area contributed by atoms with Gasteiger partial charge in [-0.3, -0.25) is 4.79 Å². The molecule has 0 atom stereocenters. The van der Waals surface area contributed by atoms with Crippen LogP contribution in [0.3, 0.4) is 0 Å². The van der Waals surface area contributed by atoms with E-state index in [1.807, 2.05) is 12.1 Å². The Morgan fingerprint density at radius 3 is 2.38 bits per heavy atom. The molecular weight excluding hydrogens is 162 g/mol. The van der Waals surface area contributed by atoms with Crippen LogP contribution in [0.4, 0.5) is 0 Å². The van der Waals surface area contributed by atoms with E-state index in [-0.39, 0.29) is 5.56 Å². The molecule has 0 aromatic carbocycles. The van der Waals surface area contributed by atoms with Crippen molar-refractivity contribution in [1.29, 1.82) is 0 Å². The van der Waals surface area contributed by atoms with E-state index in [4.69, 9.17) is 0 Å². The van der Waals surface area contributed by atoms with Crippen molar-refractivity contribution < 1.29 is 0 Å².